The van der Waals surface area contributed by atoms with Gasteiger partial charge in [-0.3, -0.25) is 0 Å². The molecule has 1 aromatic rings. The molecule has 0 spiro atoms. The van der Waals surface area contributed by atoms with Crippen LogP contribution in [0.4, 0.5) is 0 Å². The van der Waals surface area contributed by atoms with E-state index in [-0.39, 0.29) is 0 Å². The summed E-state index contributed by atoms with van der Waals surface area (Å²) in [6.07, 6.45) is 0.00832. The Morgan fingerprint density at radius 2 is 2.08 bits per heavy atom. The highest BCUT2D eigenvalue weighted by Gasteiger charge is 2.25. The van der Waals surface area contributed by atoms with Crippen LogP contribution in [0.2, 0.25) is 5.02 Å². The van der Waals surface area contributed by atoms with Crippen molar-refractivity contribution in [3.05, 3.63) is 34.3 Å². The van der Waals surface area contributed by atoms with Crippen LogP contribution in [-0.2, 0) is 6.42 Å². The maximum absolute atomic E-state index is 9.65. The van der Waals surface area contributed by atoms with Gasteiger partial charge in [0.1, 0.15) is 6.10 Å². The average molecular weight is 199 g/mol. The summed E-state index contributed by atoms with van der Waals surface area (Å²) >= 11 is 5.80. The Hall–Kier alpha value is -0.570. The van der Waals surface area contributed by atoms with E-state index in [4.69, 9.17) is 11.6 Å². The third-order valence-corrected chi connectivity index (χ3v) is 2.74. The Morgan fingerprint density at radius 1 is 1.31 bits per heavy atom. The number of hydrogen-bond acceptors (Lipinski definition) is 2. The molecule has 0 radical (unpaired) electrons. The molecule has 70 valence electrons. The molecule has 0 saturated heterocycles. The molecule has 1 aliphatic carbocycles. The maximum atomic E-state index is 9.65. The van der Waals surface area contributed by atoms with Crippen molar-refractivity contribution in [3.8, 4) is 0 Å². The summed E-state index contributed by atoms with van der Waals surface area (Å²) in [5.41, 5.74) is 1.86. The number of hydrogen-bond donors (Lipinski definition) is 2. The van der Waals surface area contributed by atoms with Crippen molar-refractivity contribution >= 4 is 11.6 Å². The zero-order valence-electron chi connectivity index (χ0n) is 7.07. The highest BCUT2D eigenvalue weighted by molar-refractivity contribution is 6.30. The van der Waals surface area contributed by atoms with Crippen LogP contribution in [0.3, 0.4) is 0 Å². The number of fused-ring (bicyclic) bond motifs is 1. The zero-order valence-corrected chi connectivity index (χ0v) is 7.83. The van der Waals surface area contributed by atoms with E-state index in [9.17, 15) is 10.2 Å². The fraction of sp³-hybridized carbons (Fsp3) is 0.400. The van der Waals surface area contributed by atoms with Crippen LogP contribution in [0.25, 0.3) is 0 Å². The molecule has 0 bridgehead atoms. The lowest BCUT2D eigenvalue weighted by Gasteiger charge is -2.26. The molecule has 2 nitrogen and oxygen atoms in total. The van der Waals surface area contributed by atoms with Gasteiger partial charge in [-0.1, -0.05) is 17.7 Å². The van der Waals surface area contributed by atoms with Crippen molar-refractivity contribution in [2.24, 2.45) is 0 Å². The van der Waals surface area contributed by atoms with Gasteiger partial charge in [0.15, 0.2) is 0 Å². The van der Waals surface area contributed by atoms with Crippen LogP contribution < -0.4 is 0 Å². The first-order valence-electron chi connectivity index (χ1n) is 4.33. The van der Waals surface area contributed by atoms with E-state index in [1.165, 1.54) is 0 Å². The summed E-state index contributed by atoms with van der Waals surface area (Å²) in [5, 5.41) is 19.7. The third kappa shape index (κ3) is 1.57. The summed E-state index contributed by atoms with van der Waals surface area (Å²) in [5.74, 6) is 0. The fourth-order valence-electron chi connectivity index (χ4n) is 1.74. The topological polar surface area (TPSA) is 40.5 Å². The molecule has 0 amide bonds. The largest absolute Gasteiger partial charge is 0.390 e. The third-order valence-electron chi connectivity index (χ3n) is 2.50. The lowest BCUT2D eigenvalue weighted by molar-refractivity contribution is 0.00650. The van der Waals surface area contributed by atoms with Crippen LogP contribution in [0.15, 0.2) is 18.2 Å². The van der Waals surface area contributed by atoms with Gasteiger partial charge in [0.25, 0.3) is 0 Å². The zero-order chi connectivity index (χ0) is 9.42. The van der Waals surface area contributed by atoms with Gasteiger partial charge >= 0.3 is 0 Å². The molecule has 2 N–H and O–H groups in total. The summed E-state index contributed by atoms with van der Waals surface area (Å²) in [6.45, 7) is 0. The van der Waals surface area contributed by atoms with Crippen LogP contribution in [0.5, 0.6) is 0 Å². The molecule has 0 fully saturated rings. The number of aliphatic hydroxyl groups excluding tert-OH is 2. The molecule has 1 aromatic carbocycles. The summed E-state index contributed by atoms with van der Waals surface area (Å²) < 4.78 is 0. The quantitative estimate of drug-likeness (QED) is 0.666. The van der Waals surface area contributed by atoms with Crippen LogP contribution >= 0.6 is 11.6 Å². The number of halogens is 1. The first-order chi connectivity index (χ1) is 6.18. The van der Waals surface area contributed by atoms with Crippen molar-refractivity contribution in [2.75, 3.05) is 0 Å². The molecule has 0 saturated carbocycles. The standard InChI is InChI=1S/C10H11ClO2/c11-7-3-1-6-2-4-9(12)10(13)8(6)5-7/h1,3,5,9-10,12-13H,2,4H2/t9-,10+/m1/s1. The summed E-state index contributed by atoms with van der Waals surface area (Å²) in [4.78, 5) is 0. The molecular weight excluding hydrogens is 188 g/mol. The number of rotatable bonds is 0. The van der Waals surface area contributed by atoms with Crippen LogP contribution in [0.1, 0.15) is 23.7 Å². The minimum atomic E-state index is -0.776. The van der Waals surface area contributed by atoms with Gasteiger partial charge in [-0.15, -0.1) is 0 Å². The molecule has 3 heteroatoms. The van der Waals surface area contributed by atoms with E-state index in [0.717, 1.165) is 17.5 Å². The summed E-state index contributed by atoms with van der Waals surface area (Å²) in [6, 6.07) is 5.45. The molecule has 0 unspecified atom stereocenters. The van der Waals surface area contributed by atoms with E-state index in [1.807, 2.05) is 12.1 Å². The lowest BCUT2D eigenvalue weighted by atomic mass is 9.87. The SMILES string of the molecule is O[C@@H]1CCc2ccc(Cl)cc2[C@@H]1O. The molecule has 1 aliphatic rings. The van der Waals surface area contributed by atoms with Crippen molar-refractivity contribution in [2.45, 2.75) is 25.0 Å². The van der Waals surface area contributed by atoms with Crippen molar-refractivity contribution in [1.29, 1.82) is 0 Å². The second-order valence-corrected chi connectivity index (χ2v) is 3.83. The normalized spacial score (nSPS) is 27.0. The van der Waals surface area contributed by atoms with Gasteiger partial charge in [-0.2, -0.15) is 0 Å². The van der Waals surface area contributed by atoms with Gasteiger partial charge in [-0.05, 0) is 36.1 Å². The second-order valence-electron chi connectivity index (χ2n) is 3.39. The predicted octanol–water partition coefficient (Wildman–Crippen LogP) is 1.68. The van der Waals surface area contributed by atoms with Gasteiger partial charge < -0.3 is 10.2 Å². The molecular formula is C10H11ClO2. The Morgan fingerprint density at radius 3 is 2.85 bits per heavy atom. The molecule has 0 heterocycles. The maximum Gasteiger partial charge on any atom is 0.105 e. The predicted molar refractivity (Wildman–Crippen MR) is 50.7 cm³/mol. The molecule has 0 aliphatic heterocycles. The fourth-order valence-corrected chi connectivity index (χ4v) is 1.92. The molecule has 13 heavy (non-hydrogen) atoms. The van der Waals surface area contributed by atoms with E-state index >= 15 is 0 Å². The molecule has 0 aromatic heterocycles. The molecule has 2 rings (SSSR count). The van der Waals surface area contributed by atoms with Crippen LogP contribution in [0, 0.1) is 0 Å². The minimum absolute atomic E-state index is 0.604. The van der Waals surface area contributed by atoms with Crippen molar-refractivity contribution in [3.63, 3.8) is 0 Å². The molecule has 2 atom stereocenters. The van der Waals surface area contributed by atoms with Gasteiger partial charge in [0, 0.05) is 5.02 Å². The Labute approximate surface area is 81.8 Å². The Balaban J connectivity index is 2.45. The van der Waals surface area contributed by atoms with Gasteiger partial charge in [0.05, 0.1) is 6.10 Å². The average Bonchev–Trinajstić information content (AvgIpc) is 2.12. The number of aryl methyl sites for hydroxylation is 1. The van der Waals surface area contributed by atoms with Gasteiger partial charge in [-0.25, -0.2) is 0 Å². The van der Waals surface area contributed by atoms with E-state index in [1.54, 1.807) is 6.07 Å². The van der Waals surface area contributed by atoms with Crippen molar-refractivity contribution in [1.82, 2.24) is 0 Å². The number of benzene rings is 1. The van der Waals surface area contributed by atoms with Crippen molar-refractivity contribution < 1.29 is 10.2 Å². The Kier molecular flexibility index (Phi) is 2.28. The second kappa shape index (κ2) is 3.29. The minimum Gasteiger partial charge on any atom is -0.390 e. The van der Waals surface area contributed by atoms with E-state index in [0.29, 0.717) is 11.4 Å². The van der Waals surface area contributed by atoms with Crippen LogP contribution in [-0.4, -0.2) is 16.3 Å². The first kappa shape index (κ1) is 9.00. The highest BCUT2D eigenvalue weighted by atomic mass is 35.5. The monoisotopic (exact) mass is 198 g/mol. The first-order valence-corrected chi connectivity index (χ1v) is 4.71. The smallest absolute Gasteiger partial charge is 0.105 e. The Bertz CT molecular complexity index is 325. The highest BCUT2D eigenvalue weighted by Crippen LogP contribution is 2.31. The summed E-state index contributed by atoms with van der Waals surface area (Å²) in [7, 11) is 0. The van der Waals surface area contributed by atoms with E-state index in [2.05, 4.69) is 0 Å². The lowest BCUT2D eigenvalue weighted by Crippen LogP contribution is -2.24. The van der Waals surface area contributed by atoms with Gasteiger partial charge in [0.2, 0.25) is 0 Å². The number of aliphatic hydroxyl groups is 2. The van der Waals surface area contributed by atoms with E-state index < -0.39 is 12.2 Å².